The second kappa shape index (κ2) is 23.1. The fourth-order valence-electron chi connectivity index (χ4n) is 1.41. The standard InChI is InChI=1S/C8H12N2O2.C8H12N2OS.2C2H6.2CH4/c2*1-6(2)8(11)10-5-7-9-3-4-12-7;2*1-2;;/h2*3-4,6H,5H2,1-2H3,(H,10,11);2*1-2H3;2*1H4. The van der Waals surface area contributed by atoms with Crippen LogP contribution in [0.1, 0.15) is 81.1 Å². The molecular formula is C22H44N4O3S. The maximum absolute atomic E-state index is 11.1. The molecule has 7 nitrogen and oxygen atoms in total. The largest absolute Gasteiger partial charge is 0.447 e. The minimum absolute atomic E-state index is 0. The maximum atomic E-state index is 11.1. The van der Waals surface area contributed by atoms with E-state index in [2.05, 4.69) is 20.6 Å². The molecule has 0 atom stereocenters. The number of hydrogen-bond donors (Lipinski definition) is 2. The SMILES string of the molecule is C.C.CC.CC.CC(C)C(=O)NCc1ncco1.CC(C)C(=O)NCc1nccs1. The van der Waals surface area contributed by atoms with Crippen LogP contribution in [-0.4, -0.2) is 21.8 Å². The molecule has 0 aromatic carbocycles. The number of nitrogens with zero attached hydrogens (tertiary/aromatic N) is 2. The summed E-state index contributed by atoms with van der Waals surface area (Å²) in [5.74, 6) is 0.660. The molecule has 0 radical (unpaired) electrons. The van der Waals surface area contributed by atoms with Gasteiger partial charge < -0.3 is 15.1 Å². The fourth-order valence-corrected chi connectivity index (χ4v) is 1.97. The van der Waals surface area contributed by atoms with Crippen LogP contribution in [0.2, 0.25) is 0 Å². The Morgan fingerprint density at radius 1 is 0.900 bits per heavy atom. The lowest BCUT2D eigenvalue weighted by atomic mass is 10.2. The van der Waals surface area contributed by atoms with Gasteiger partial charge >= 0.3 is 0 Å². The minimum atomic E-state index is -0.0000350. The number of aromatic nitrogens is 2. The molecule has 0 spiro atoms. The number of carbonyl (C=O) groups is 2. The summed E-state index contributed by atoms with van der Waals surface area (Å²) in [6.45, 7) is 16.3. The first-order valence-corrected chi connectivity index (χ1v) is 10.6. The van der Waals surface area contributed by atoms with Gasteiger partial charge in [0.2, 0.25) is 17.7 Å². The summed E-state index contributed by atoms with van der Waals surface area (Å²) in [4.78, 5) is 30.1. The van der Waals surface area contributed by atoms with E-state index >= 15 is 0 Å². The Hall–Kier alpha value is -2.22. The van der Waals surface area contributed by atoms with E-state index in [0.717, 1.165) is 5.01 Å². The molecule has 2 rings (SSSR count). The molecule has 2 N–H and O–H groups in total. The highest BCUT2D eigenvalue weighted by Gasteiger charge is 2.07. The second-order valence-corrected chi connectivity index (χ2v) is 6.58. The lowest BCUT2D eigenvalue weighted by Crippen LogP contribution is -2.27. The average molecular weight is 445 g/mol. The number of rotatable bonds is 6. The summed E-state index contributed by atoms with van der Waals surface area (Å²) in [6.07, 6.45) is 4.77. The van der Waals surface area contributed by atoms with Crippen molar-refractivity contribution in [3.63, 3.8) is 0 Å². The lowest BCUT2D eigenvalue weighted by molar-refractivity contribution is -0.124. The zero-order valence-electron chi connectivity index (χ0n) is 18.4. The fraction of sp³-hybridized carbons (Fsp3) is 0.636. The second-order valence-electron chi connectivity index (χ2n) is 5.60. The molecule has 0 saturated heterocycles. The van der Waals surface area contributed by atoms with Gasteiger partial charge in [-0.2, -0.15) is 0 Å². The highest BCUT2D eigenvalue weighted by molar-refractivity contribution is 7.09. The summed E-state index contributed by atoms with van der Waals surface area (Å²) in [6, 6.07) is 0. The highest BCUT2D eigenvalue weighted by atomic mass is 32.1. The Morgan fingerprint density at radius 3 is 1.77 bits per heavy atom. The van der Waals surface area contributed by atoms with E-state index in [1.54, 1.807) is 23.7 Å². The van der Waals surface area contributed by atoms with Gasteiger partial charge in [-0.05, 0) is 0 Å². The van der Waals surface area contributed by atoms with Crippen LogP contribution >= 0.6 is 11.3 Å². The number of amides is 2. The van der Waals surface area contributed by atoms with Gasteiger partial charge in [-0.25, -0.2) is 9.97 Å². The predicted molar refractivity (Wildman–Crippen MR) is 128 cm³/mol. The van der Waals surface area contributed by atoms with Gasteiger partial charge in [-0.3, -0.25) is 9.59 Å². The molecule has 2 heterocycles. The van der Waals surface area contributed by atoms with Crippen LogP contribution < -0.4 is 10.6 Å². The number of hydrogen-bond acceptors (Lipinski definition) is 6. The first-order chi connectivity index (χ1) is 13.4. The molecule has 2 amide bonds. The van der Waals surface area contributed by atoms with Crippen molar-refractivity contribution in [2.24, 2.45) is 11.8 Å². The van der Waals surface area contributed by atoms with Crippen molar-refractivity contribution in [2.75, 3.05) is 0 Å². The van der Waals surface area contributed by atoms with Crippen LogP contribution in [0.15, 0.2) is 28.5 Å². The smallest absolute Gasteiger partial charge is 0.222 e. The van der Waals surface area contributed by atoms with E-state index in [9.17, 15) is 9.59 Å². The third-order valence-electron chi connectivity index (χ3n) is 2.84. The summed E-state index contributed by atoms with van der Waals surface area (Å²) < 4.78 is 4.94. The normalized spacial score (nSPS) is 8.60. The number of carbonyl (C=O) groups excluding carboxylic acids is 2. The molecule has 0 aliphatic heterocycles. The van der Waals surface area contributed by atoms with Crippen molar-refractivity contribution in [1.29, 1.82) is 0 Å². The van der Waals surface area contributed by atoms with E-state index in [0.29, 0.717) is 19.0 Å². The van der Waals surface area contributed by atoms with Crippen molar-refractivity contribution in [1.82, 2.24) is 20.6 Å². The van der Waals surface area contributed by atoms with Crippen LogP contribution in [0.4, 0.5) is 0 Å². The van der Waals surface area contributed by atoms with Gasteiger partial charge in [-0.1, -0.05) is 70.2 Å². The summed E-state index contributed by atoms with van der Waals surface area (Å²) in [5, 5.41) is 8.33. The van der Waals surface area contributed by atoms with E-state index < -0.39 is 0 Å². The molecule has 2 aromatic heterocycles. The molecule has 0 fully saturated rings. The molecule has 0 aliphatic carbocycles. The average Bonchev–Trinajstić information content (AvgIpc) is 3.41. The van der Waals surface area contributed by atoms with E-state index in [4.69, 9.17) is 4.42 Å². The van der Waals surface area contributed by atoms with Gasteiger partial charge in [0.25, 0.3) is 0 Å². The van der Waals surface area contributed by atoms with Crippen LogP contribution in [0.5, 0.6) is 0 Å². The third kappa shape index (κ3) is 17.8. The van der Waals surface area contributed by atoms with Gasteiger partial charge in [-0.15, -0.1) is 11.3 Å². The van der Waals surface area contributed by atoms with Gasteiger partial charge in [0.1, 0.15) is 11.3 Å². The first-order valence-electron chi connectivity index (χ1n) is 9.72. The molecular weight excluding hydrogens is 400 g/mol. The number of thiazole rings is 1. The number of nitrogens with one attached hydrogen (secondary N) is 2. The summed E-state index contributed by atoms with van der Waals surface area (Å²) >= 11 is 1.55. The quantitative estimate of drug-likeness (QED) is 0.597. The van der Waals surface area contributed by atoms with Gasteiger partial charge in [0.15, 0.2) is 0 Å². The first kappa shape index (κ1) is 35.2. The predicted octanol–water partition coefficient (Wildman–Crippen LogP) is 5.69. The molecule has 8 heteroatoms. The third-order valence-corrected chi connectivity index (χ3v) is 3.62. The van der Waals surface area contributed by atoms with Crippen molar-refractivity contribution < 1.29 is 14.0 Å². The van der Waals surface area contributed by atoms with Crippen LogP contribution in [0.25, 0.3) is 0 Å². The van der Waals surface area contributed by atoms with E-state index in [-0.39, 0.29) is 38.5 Å². The van der Waals surface area contributed by atoms with Crippen LogP contribution in [-0.2, 0) is 22.7 Å². The van der Waals surface area contributed by atoms with Crippen molar-refractivity contribution in [2.45, 2.75) is 83.3 Å². The van der Waals surface area contributed by atoms with Crippen molar-refractivity contribution >= 4 is 23.2 Å². The van der Waals surface area contributed by atoms with Gasteiger partial charge in [0.05, 0.1) is 19.3 Å². The van der Waals surface area contributed by atoms with Gasteiger partial charge in [0, 0.05) is 23.4 Å². The highest BCUT2D eigenvalue weighted by Crippen LogP contribution is 2.03. The molecule has 0 unspecified atom stereocenters. The van der Waals surface area contributed by atoms with Crippen molar-refractivity contribution in [3.05, 3.63) is 34.9 Å². The minimum Gasteiger partial charge on any atom is -0.447 e. The summed E-state index contributed by atoms with van der Waals surface area (Å²) in [5.41, 5.74) is 0. The molecule has 176 valence electrons. The Balaban J connectivity index is -0.000000183. The molecule has 0 bridgehead atoms. The monoisotopic (exact) mass is 444 g/mol. The molecule has 2 aromatic rings. The zero-order chi connectivity index (χ0) is 21.9. The molecule has 0 saturated carbocycles. The Morgan fingerprint density at radius 2 is 1.40 bits per heavy atom. The Labute approximate surface area is 188 Å². The van der Waals surface area contributed by atoms with Crippen LogP contribution in [0, 0.1) is 11.8 Å². The summed E-state index contributed by atoms with van der Waals surface area (Å²) in [7, 11) is 0. The van der Waals surface area contributed by atoms with Crippen molar-refractivity contribution in [3.8, 4) is 0 Å². The molecule has 0 aliphatic rings. The lowest BCUT2D eigenvalue weighted by Gasteiger charge is -2.04. The number of oxazole rings is 1. The van der Waals surface area contributed by atoms with Crippen LogP contribution in [0.3, 0.4) is 0 Å². The topological polar surface area (TPSA) is 97.1 Å². The Bertz CT molecular complexity index is 544. The van der Waals surface area contributed by atoms with E-state index in [1.807, 2.05) is 60.8 Å². The zero-order valence-corrected chi connectivity index (χ0v) is 19.2. The molecule has 30 heavy (non-hydrogen) atoms. The van der Waals surface area contributed by atoms with E-state index in [1.165, 1.54) is 6.26 Å². The Kier molecular flexibility index (Phi) is 27.1. The maximum Gasteiger partial charge on any atom is 0.222 e.